The second-order valence-corrected chi connectivity index (χ2v) is 3.84. The van der Waals surface area contributed by atoms with E-state index in [1.807, 2.05) is 30.3 Å². The van der Waals surface area contributed by atoms with E-state index in [-0.39, 0.29) is 5.91 Å². The maximum atomic E-state index is 11.4. The topological polar surface area (TPSA) is 40.5 Å². The Morgan fingerprint density at radius 3 is 2.67 bits per heavy atom. The van der Waals surface area contributed by atoms with Crippen LogP contribution in [0.3, 0.4) is 0 Å². The second-order valence-electron chi connectivity index (χ2n) is 3.84. The van der Waals surface area contributed by atoms with Crippen molar-refractivity contribution in [3.63, 3.8) is 0 Å². The van der Waals surface area contributed by atoms with Gasteiger partial charge in [-0.15, -0.1) is 0 Å². The van der Waals surface area contributed by atoms with Crippen LogP contribution in [-0.2, 0) is 11.2 Å². The van der Waals surface area contributed by atoms with Gasteiger partial charge in [-0.1, -0.05) is 30.3 Å². The monoisotopic (exact) mass is 205 g/mol. The predicted molar refractivity (Wildman–Crippen MR) is 57.1 cm³/mol. The third-order valence-electron chi connectivity index (χ3n) is 2.78. The van der Waals surface area contributed by atoms with E-state index in [1.165, 1.54) is 5.56 Å². The number of hydrogen-bond donors (Lipinski definition) is 1. The SMILES string of the molecule is O=C1CCC(O)N1CCc1ccccc1. The fourth-order valence-electron chi connectivity index (χ4n) is 1.89. The number of likely N-dealkylation sites (tertiary alicyclic amines) is 1. The first-order valence-electron chi connectivity index (χ1n) is 5.29. The van der Waals surface area contributed by atoms with Gasteiger partial charge in [-0.3, -0.25) is 4.79 Å². The van der Waals surface area contributed by atoms with Crippen LogP contribution in [0, 0.1) is 0 Å². The van der Waals surface area contributed by atoms with E-state index in [4.69, 9.17) is 0 Å². The smallest absolute Gasteiger partial charge is 0.224 e. The zero-order chi connectivity index (χ0) is 10.7. The minimum absolute atomic E-state index is 0.0680. The standard InChI is InChI=1S/C12H15NO2/c14-11-6-7-12(15)13(11)9-8-10-4-2-1-3-5-10/h1-5,11,14H,6-9H2. The molecule has 1 atom stereocenters. The summed E-state index contributed by atoms with van der Waals surface area (Å²) in [6, 6.07) is 10.0. The van der Waals surface area contributed by atoms with E-state index in [0.717, 1.165) is 6.42 Å². The summed E-state index contributed by atoms with van der Waals surface area (Å²) in [5, 5.41) is 9.54. The maximum Gasteiger partial charge on any atom is 0.224 e. The van der Waals surface area contributed by atoms with Crippen LogP contribution in [0.2, 0.25) is 0 Å². The number of carbonyl (C=O) groups is 1. The third kappa shape index (κ3) is 2.36. The average molecular weight is 205 g/mol. The van der Waals surface area contributed by atoms with Gasteiger partial charge < -0.3 is 10.0 Å². The van der Waals surface area contributed by atoms with Gasteiger partial charge in [0.2, 0.25) is 5.91 Å². The molecule has 1 N–H and O–H groups in total. The van der Waals surface area contributed by atoms with E-state index in [0.29, 0.717) is 19.4 Å². The zero-order valence-corrected chi connectivity index (χ0v) is 8.60. The van der Waals surface area contributed by atoms with Crippen molar-refractivity contribution in [1.82, 2.24) is 4.90 Å². The largest absolute Gasteiger partial charge is 0.374 e. The number of carbonyl (C=O) groups excluding carboxylic acids is 1. The second kappa shape index (κ2) is 4.45. The highest BCUT2D eigenvalue weighted by molar-refractivity contribution is 5.78. The Morgan fingerprint density at radius 1 is 1.33 bits per heavy atom. The van der Waals surface area contributed by atoms with Gasteiger partial charge in [-0.05, 0) is 12.0 Å². The fraction of sp³-hybridized carbons (Fsp3) is 0.417. The van der Waals surface area contributed by atoms with Crippen molar-refractivity contribution >= 4 is 5.91 Å². The molecule has 15 heavy (non-hydrogen) atoms. The van der Waals surface area contributed by atoms with Crippen LogP contribution in [0.5, 0.6) is 0 Å². The molecule has 0 bridgehead atoms. The Balaban J connectivity index is 1.91. The summed E-state index contributed by atoms with van der Waals surface area (Å²) in [7, 11) is 0. The van der Waals surface area contributed by atoms with E-state index in [9.17, 15) is 9.90 Å². The molecule has 1 aliphatic heterocycles. The molecule has 1 amide bonds. The average Bonchev–Trinajstić information content (AvgIpc) is 2.58. The van der Waals surface area contributed by atoms with Crippen LogP contribution in [0.15, 0.2) is 30.3 Å². The summed E-state index contributed by atoms with van der Waals surface area (Å²) in [6.07, 6.45) is 1.30. The number of aliphatic hydroxyl groups excluding tert-OH is 1. The molecule has 1 saturated heterocycles. The van der Waals surface area contributed by atoms with Crippen molar-refractivity contribution in [2.45, 2.75) is 25.5 Å². The number of amides is 1. The van der Waals surface area contributed by atoms with E-state index >= 15 is 0 Å². The molecule has 1 aromatic carbocycles. The molecule has 3 heteroatoms. The van der Waals surface area contributed by atoms with E-state index < -0.39 is 6.23 Å². The summed E-state index contributed by atoms with van der Waals surface area (Å²) in [5.74, 6) is 0.0680. The number of rotatable bonds is 3. The van der Waals surface area contributed by atoms with Crippen LogP contribution >= 0.6 is 0 Å². The maximum absolute atomic E-state index is 11.4. The molecule has 0 aliphatic carbocycles. The molecule has 0 radical (unpaired) electrons. The van der Waals surface area contributed by atoms with Gasteiger partial charge in [0.05, 0.1) is 0 Å². The molecule has 2 rings (SSSR count). The van der Waals surface area contributed by atoms with Gasteiger partial charge in [-0.2, -0.15) is 0 Å². The molecule has 0 aromatic heterocycles. The number of nitrogens with zero attached hydrogens (tertiary/aromatic N) is 1. The quantitative estimate of drug-likeness (QED) is 0.804. The first kappa shape index (κ1) is 10.2. The number of benzene rings is 1. The Bertz CT molecular complexity index is 337. The molecule has 3 nitrogen and oxygen atoms in total. The Morgan fingerprint density at radius 2 is 2.07 bits per heavy atom. The summed E-state index contributed by atoms with van der Waals surface area (Å²) in [5.41, 5.74) is 1.20. The van der Waals surface area contributed by atoms with Gasteiger partial charge in [0.15, 0.2) is 0 Å². The highest BCUT2D eigenvalue weighted by Crippen LogP contribution is 2.16. The molecule has 0 spiro atoms. The van der Waals surface area contributed by atoms with Gasteiger partial charge in [0.1, 0.15) is 6.23 Å². The van der Waals surface area contributed by atoms with Crippen molar-refractivity contribution in [2.24, 2.45) is 0 Å². The molecule has 1 unspecified atom stereocenters. The lowest BCUT2D eigenvalue weighted by molar-refractivity contribution is -0.133. The Labute approximate surface area is 89.3 Å². The van der Waals surface area contributed by atoms with Crippen LogP contribution in [0.1, 0.15) is 18.4 Å². The molecule has 1 aliphatic rings. The Kier molecular flexibility index (Phi) is 3.02. The molecule has 0 saturated carbocycles. The van der Waals surface area contributed by atoms with Crippen molar-refractivity contribution in [1.29, 1.82) is 0 Å². The van der Waals surface area contributed by atoms with Crippen molar-refractivity contribution in [3.8, 4) is 0 Å². The summed E-state index contributed by atoms with van der Waals surface area (Å²) in [6.45, 7) is 0.615. The minimum atomic E-state index is -0.568. The summed E-state index contributed by atoms with van der Waals surface area (Å²) in [4.78, 5) is 12.9. The van der Waals surface area contributed by atoms with Crippen molar-refractivity contribution < 1.29 is 9.90 Å². The molecular weight excluding hydrogens is 190 g/mol. The van der Waals surface area contributed by atoms with Gasteiger partial charge in [-0.25, -0.2) is 0 Å². The summed E-state index contributed by atoms with van der Waals surface area (Å²) >= 11 is 0. The first-order chi connectivity index (χ1) is 7.27. The Hall–Kier alpha value is -1.35. The lowest BCUT2D eigenvalue weighted by Gasteiger charge is -2.20. The van der Waals surface area contributed by atoms with Gasteiger partial charge in [0, 0.05) is 19.4 Å². The van der Waals surface area contributed by atoms with E-state index in [2.05, 4.69) is 0 Å². The zero-order valence-electron chi connectivity index (χ0n) is 8.60. The highest BCUT2D eigenvalue weighted by Gasteiger charge is 2.28. The van der Waals surface area contributed by atoms with Crippen molar-refractivity contribution in [2.75, 3.05) is 6.54 Å². The lowest BCUT2D eigenvalue weighted by Crippen LogP contribution is -2.34. The number of aliphatic hydroxyl groups is 1. The molecule has 1 fully saturated rings. The third-order valence-corrected chi connectivity index (χ3v) is 2.78. The van der Waals surface area contributed by atoms with Gasteiger partial charge in [0.25, 0.3) is 0 Å². The van der Waals surface area contributed by atoms with Crippen LogP contribution in [0.25, 0.3) is 0 Å². The molecule has 1 aromatic rings. The van der Waals surface area contributed by atoms with Gasteiger partial charge >= 0.3 is 0 Å². The lowest BCUT2D eigenvalue weighted by atomic mass is 10.1. The fourth-order valence-corrected chi connectivity index (χ4v) is 1.89. The van der Waals surface area contributed by atoms with Crippen LogP contribution in [-0.4, -0.2) is 28.7 Å². The summed E-state index contributed by atoms with van der Waals surface area (Å²) < 4.78 is 0. The molecule has 1 heterocycles. The number of hydrogen-bond acceptors (Lipinski definition) is 2. The molecular formula is C12H15NO2. The minimum Gasteiger partial charge on any atom is -0.374 e. The van der Waals surface area contributed by atoms with E-state index in [1.54, 1.807) is 4.90 Å². The van der Waals surface area contributed by atoms with Crippen LogP contribution < -0.4 is 0 Å². The van der Waals surface area contributed by atoms with Crippen LogP contribution in [0.4, 0.5) is 0 Å². The molecule has 80 valence electrons. The highest BCUT2D eigenvalue weighted by atomic mass is 16.3. The first-order valence-corrected chi connectivity index (χ1v) is 5.29. The van der Waals surface area contributed by atoms with Crippen molar-refractivity contribution in [3.05, 3.63) is 35.9 Å². The predicted octanol–water partition coefficient (Wildman–Crippen LogP) is 1.17. The normalized spacial score (nSPS) is 21.0.